The van der Waals surface area contributed by atoms with E-state index in [-0.39, 0.29) is 18.9 Å². The summed E-state index contributed by atoms with van der Waals surface area (Å²) >= 11 is 0. The third-order valence-electron chi connectivity index (χ3n) is 2.11. The van der Waals surface area contributed by atoms with Crippen LogP contribution in [0.5, 0.6) is 0 Å². The number of nitrogens with two attached hydrogens (primary N) is 1. The fourth-order valence-corrected chi connectivity index (χ4v) is 1.33. The van der Waals surface area contributed by atoms with Gasteiger partial charge in [0.05, 0.1) is 6.04 Å². The molecule has 0 radical (unpaired) electrons. The first-order chi connectivity index (χ1) is 6.38. The first-order valence-electron chi connectivity index (χ1n) is 4.82. The van der Waals surface area contributed by atoms with E-state index in [0.717, 1.165) is 0 Å². The van der Waals surface area contributed by atoms with E-state index in [2.05, 4.69) is 10.6 Å². The Kier molecular flexibility index (Phi) is 3.44. The van der Waals surface area contributed by atoms with Gasteiger partial charge in [0.15, 0.2) is 0 Å². The lowest BCUT2D eigenvalue weighted by Crippen LogP contribution is -2.49. The number of nitrogens with one attached hydrogen (secondary N) is 2. The highest BCUT2D eigenvalue weighted by Gasteiger charge is 2.29. The molecule has 14 heavy (non-hydrogen) atoms. The highest BCUT2D eigenvalue weighted by Crippen LogP contribution is 2.09. The maximum Gasteiger partial charge on any atom is 0.237 e. The van der Waals surface area contributed by atoms with Crippen LogP contribution >= 0.6 is 0 Å². The Balaban J connectivity index is 2.29. The Morgan fingerprint density at radius 1 is 1.71 bits per heavy atom. The number of amides is 1. The van der Waals surface area contributed by atoms with Crippen LogP contribution in [0.4, 0.5) is 4.39 Å². The summed E-state index contributed by atoms with van der Waals surface area (Å²) in [6, 6.07) is -0.396. The summed E-state index contributed by atoms with van der Waals surface area (Å²) in [4.78, 5) is 11.4. The summed E-state index contributed by atoms with van der Waals surface area (Å²) in [5.41, 5.74) is 5.27. The number of hydrogen-bond donors (Lipinski definition) is 3. The quantitative estimate of drug-likeness (QED) is 0.581. The third-order valence-corrected chi connectivity index (χ3v) is 2.11. The lowest BCUT2D eigenvalue weighted by molar-refractivity contribution is -0.123. The average Bonchev–Trinajstić information content (AvgIpc) is 2.46. The molecule has 1 saturated heterocycles. The van der Waals surface area contributed by atoms with E-state index < -0.39 is 17.8 Å². The fraction of sp³-hybridized carbons (Fsp3) is 0.889. The molecule has 1 rings (SSSR count). The van der Waals surface area contributed by atoms with Crippen molar-refractivity contribution in [1.82, 2.24) is 10.6 Å². The highest BCUT2D eigenvalue weighted by atomic mass is 19.1. The molecule has 0 aromatic rings. The zero-order chi connectivity index (χ0) is 10.8. The molecule has 0 spiro atoms. The van der Waals surface area contributed by atoms with Gasteiger partial charge < -0.3 is 16.4 Å². The predicted octanol–water partition coefficient (Wildman–Crippen LogP) is -0.460. The van der Waals surface area contributed by atoms with Crippen molar-refractivity contribution in [3.8, 4) is 0 Å². The van der Waals surface area contributed by atoms with Gasteiger partial charge in [0, 0.05) is 25.0 Å². The maximum absolute atomic E-state index is 12.7. The first-order valence-corrected chi connectivity index (χ1v) is 4.82. The Morgan fingerprint density at radius 3 is 2.79 bits per heavy atom. The van der Waals surface area contributed by atoms with Gasteiger partial charge in [-0.1, -0.05) is 0 Å². The Labute approximate surface area is 83.4 Å². The zero-order valence-electron chi connectivity index (χ0n) is 8.64. The lowest BCUT2D eigenvalue weighted by Gasteiger charge is -2.20. The van der Waals surface area contributed by atoms with E-state index in [9.17, 15) is 9.18 Å². The third kappa shape index (κ3) is 3.59. The van der Waals surface area contributed by atoms with Gasteiger partial charge in [-0.25, -0.2) is 4.39 Å². The molecule has 1 aliphatic rings. The van der Waals surface area contributed by atoms with Gasteiger partial charge in [-0.15, -0.1) is 0 Å². The number of rotatable bonds is 3. The van der Waals surface area contributed by atoms with Crippen molar-refractivity contribution in [2.75, 3.05) is 13.1 Å². The molecular formula is C9H18FN3O. The summed E-state index contributed by atoms with van der Waals surface area (Å²) < 4.78 is 12.7. The molecule has 0 bridgehead atoms. The predicted molar refractivity (Wildman–Crippen MR) is 52.6 cm³/mol. The number of carbonyl (C=O) groups excluding carboxylic acids is 1. The molecule has 4 N–H and O–H groups in total. The van der Waals surface area contributed by atoms with Crippen LogP contribution in [0, 0.1) is 0 Å². The van der Waals surface area contributed by atoms with E-state index in [1.165, 1.54) is 0 Å². The van der Waals surface area contributed by atoms with Crippen LogP contribution in [-0.2, 0) is 4.79 Å². The summed E-state index contributed by atoms with van der Waals surface area (Å²) in [6.07, 6.45) is -0.645. The molecule has 4 nitrogen and oxygen atoms in total. The average molecular weight is 203 g/mol. The largest absolute Gasteiger partial charge is 0.353 e. The number of hydrogen-bond acceptors (Lipinski definition) is 3. The van der Waals surface area contributed by atoms with Crippen LogP contribution in [0.3, 0.4) is 0 Å². The molecule has 0 unspecified atom stereocenters. The standard InChI is InChI=1S/C9H18FN3O/c1-9(2,11)5-13-8(14)7-3-6(10)4-12-7/h6-7,12H,3-5,11H2,1-2H3,(H,13,14)/t6-,7+/m1/s1. The van der Waals surface area contributed by atoms with Crippen molar-refractivity contribution in [3.05, 3.63) is 0 Å². The second-order valence-electron chi connectivity index (χ2n) is 4.50. The lowest BCUT2D eigenvalue weighted by atomic mass is 10.1. The van der Waals surface area contributed by atoms with Crippen LogP contribution in [0.2, 0.25) is 0 Å². The molecular weight excluding hydrogens is 185 g/mol. The molecule has 0 aromatic heterocycles. The summed E-state index contributed by atoms with van der Waals surface area (Å²) in [5.74, 6) is -0.163. The van der Waals surface area contributed by atoms with Crippen molar-refractivity contribution in [2.45, 2.75) is 38.0 Å². The van der Waals surface area contributed by atoms with Gasteiger partial charge >= 0.3 is 0 Å². The molecule has 0 aliphatic carbocycles. The van der Waals surface area contributed by atoms with Crippen LogP contribution in [0.25, 0.3) is 0 Å². The number of carbonyl (C=O) groups is 1. The minimum Gasteiger partial charge on any atom is -0.353 e. The summed E-state index contributed by atoms with van der Waals surface area (Å²) in [6.45, 7) is 4.33. The second kappa shape index (κ2) is 4.23. The van der Waals surface area contributed by atoms with Gasteiger partial charge in [0.1, 0.15) is 6.17 Å². The van der Waals surface area contributed by atoms with Crippen molar-refractivity contribution >= 4 is 5.91 Å². The van der Waals surface area contributed by atoms with Crippen LogP contribution in [-0.4, -0.2) is 36.7 Å². The van der Waals surface area contributed by atoms with Crippen molar-refractivity contribution in [2.24, 2.45) is 5.73 Å². The molecule has 82 valence electrons. The molecule has 5 heteroatoms. The number of alkyl halides is 1. The molecule has 1 aliphatic heterocycles. The fourth-order valence-electron chi connectivity index (χ4n) is 1.33. The SMILES string of the molecule is CC(C)(N)CNC(=O)[C@@H]1C[C@@H](F)CN1. The van der Waals surface area contributed by atoms with Crippen molar-refractivity contribution in [1.29, 1.82) is 0 Å². The molecule has 0 aromatic carbocycles. The Bertz CT molecular complexity index is 215. The van der Waals surface area contributed by atoms with Crippen LogP contribution in [0.15, 0.2) is 0 Å². The second-order valence-corrected chi connectivity index (χ2v) is 4.50. The van der Waals surface area contributed by atoms with Crippen molar-refractivity contribution in [3.63, 3.8) is 0 Å². The van der Waals surface area contributed by atoms with E-state index in [0.29, 0.717) is 6.54 Å². The monoisotopic (exact) mass is 203 g/mol. The Hall–Kier alpha value is -0.680. The van der Waals surface area contributed by atoms with Gasteiger partial charge in [0.25, 0.3) is 0 Å². The molecule has 2 atom stereocenters. The van der Waals surface area contributed by atoms with Crippen LogP contribution < -0.4 is 16.4 Å². The minimum atomic E-state index is -0.906. The van der Waals surface area contributed by atoms with Gasteiger partial charge in [-0.05, 0) is 13.8 Å². The normalized spacial score (nSPS) is 27.7. The Morgan fingerprint density at radius 2 is 2.36 bits per heavy atom. The molecule has 0 saturated carbocycles. The van der Waals surface area contributed by atoms with Gasteiger partial charge in [-0.2, -0.15) is 0 Å². The van der Waals surface area contributed by atoms with E-state index in [4.69, 9.17) is 5.73 Å². The molecule has 1 amide bonds. The summed E-state index contributed by atoms with van der Waals surface area (Å²) in [5, 5.41) is 5.51. The maximum atomic E-state index is 12.7. The van der Waals surface area contributed by atoms with E-state index >= 15 is 0 Å². The minimum absolute atomic E-state index is 0.163. The van der Waals surface area contributed by atoms with Gasteiger partial charge in [-0.3, -0.25) is 4.79 Å². The smallest absolute Gasteiger partial charge is 0.237 e. The van der Waals surface area contributed by atoms with E-state index in [1.807, 2.05) is 13.8 Å². The number of halogens is 1. The van der Waals surface area contributed by atoms with Crippen LogP contribution in [0.1, 0.15) is 20.3 Å². The molecule has 1 heterocycles. The zero-order valence-corrected chi connectivity index (χ0v) is 8.64. The van der Waals surface area contributed by atoms with Gasteiger partial charge in [0.2, 0.25) is 5.91 Å². The van der Waals surface area contributed by atoms with E-state index in [1.54, 1.807) is 0 Å². The summed E-state index contributed by atoms with van der Waals surface area (Å²) in [7, 11) is 0. The highest BCUT2D eigenvalue weighted by molar-refractivity contribution is 5.82. The first kappa shape index (κ1) is 11.4. The topological polar surface area (TPSA) is 67.1 Å². The molecule has 1 fully saturated rings. The van der Waals surface area contributed by atoms with Crippen molar-refractivity contribution < 1.29 is 9.18 Å².